The lowest BCUT2D eigenvalue weighted by molar-refractivity contribution is 1.18. The van der Waals surface area contributed by atoms with E-state index in [0.717, 1.165) is 110 Å². The normalized spacial score (nSPS) is 12.0. The first-order valence-corrected chi connectivity index (χ1v) is 19.8. The van der Waals surface area contributed by atoms with Crippen molar-refractivity contribution >= 4 is 98.8 Å². The summed E-state index contributed by atoms with van der Waals surface area (Å²) >= 11 is 0. The molecule has 60 heavy (non-hydrogen) atoms. The third-order valence-corrected chi connectivity index (χ3v) is 12.2. The second kappa shape index (κ2) is 11.9. The highest BCUT2D eigenvalue weighted by atomic mass is 15.1. The zero-order chi connectivity index (χ0) is 39.6. The maximum Gasteiger partial charge on any atom is 0.148 e. The Morgan fingerprint density at radius 2 is 0.733 bits per heavy atom. The van der Waals surface area contributed by atoms with E-state index < -0.39 is 0 Å². The lowest BCUT2D eigenvalue weighted by Gasteiger charge is -2.12. The van der Waals surface area contributed by atoms with Gasteiger partial charge >= 0.3 is 0 Å². The van der Waals surface area contributed by atoms with Crippen LogP contribution in [0.4, 0.5) is 0 Å². The number of para-hydroxylation sites is 4. The molecule has 0 atom stereocenters. The van der Waals surface area contributed by atoms with E-state index in [1.807, 2.05) is 48.5 Å². The van der Waals surface area contributed by atoms with Crippen LogP contribution in [-0.2, 0) is 0 Å². The summed E-state index contributed by atoms with van der Waals surface area (Å²) in [4.78, 5) is 11.0. The third kappa shape index (κ3) is 4.20. The van der Waals surface area contributed by atoms with Crippen LogP contribution in [0.5, 0.6) is 0 Å². The van der Waals surface area contributed by atoms with Crippen LogP contribution in [0.1, 0.15) is 11.1 Å². The maximum absolute atomic E-state index is 10.1. The summed E-state index contributed by atoms with van der Waals surface area (Å²) in [5, 5.41) is 26.4. The number of hydrogen-bond acceptors (Lipinski definition) is 4. The van der Waals surface area contributed by atoms with Gasteiger partial charge in [-0.15, -0.1) is 0 Å². The molecule has 13 rings (SSSR count). The van der Waals surface area contributed by atoms with Crippen LogP contribution in [-0.4, -0.2) is 27.9 Å². The maximum atomic E-state index is 10.1. The van der Waals surface area contributed by atoms with Crippen LogP contribution in [0, 0.1) is 22.7 Å². The minimum Gasteiger partial charge on any atom is -0.309 e. The Morgan fingerprint density at radius 3 is 1.17 bits per heavy atom. The van der Waals surface area contributed by atoms with Crippen molar-refractivity contribution in [3.63, 3.8) is 0 Å². The van der Waals surface area contributed by atoms with Crippen LogP contribution in [0.25, 0.3) is 110 Å². The molecule has 5 heterocycles. The SMILES string of the molecule is N#Cc1ccc2c(c1)nc1c3c4c5ccccc5n(-c5ccccc5)c4ccc3n3c4ccc(C#N)cc4nc3c3c4c5ccccc5n(-c5ccccc5)c4ccc3n21. The zero-order valence-corrected chi connectivity index (χ0v) is 31.7. The number of hydrogen-bond donors (Lipinski definition) is 0. The van der Waals surface area contributed by atoms with Crippen molar-refractivity contribution in [2.24, 2.45) is 0 Å². The number of nitrogens with zero attached hydrogens (tertiary/aromatic N) is 8. The van der Waals surface area contributed by atoms with Crippen molar-refractivity contribution in [2.45, 2.75) is 0 Å². The Balaban J connectivity index is 1.39. The minimum absolute atomic E-state index is 0.543. The standard InChI is InChI=1S/C52H28N8/c53-29-31-20-22-42-37(27-31)55-51-49-45(25-23-43-47(49)35-15-7-9-17-39(35)57(43)33-11-3-1-4-12-33)59-41-21-19-32(30-54)28-38(41)56-52(59)50-46(60(42)51)26-24-44-48(50)36-16-8-10-18-40(36)58(44)34-13-5-2-6-14-34/h1-28H. The van der Waals surface area contributed by atoms with Crippen molar-refractivity contribution < 1.29 is 0 Å². The average molecular weight is 765 g/mol. The summed E-state index contributed by atoms with van der Waals surface area (Å²) < 4.78 is 9.20. The van der Waals surface area contributed by atoms with E-state index in [1.54, 1.807) is 0 Å². The molecular weight excluding hydrogens is 737 g/mol. The molecule has 0 aliphatic heterocycles. The van der Waals surface area contributed by atoms with Gasteiger partial charge < -0.3 is 9.13 Å². The highest BCUT2D eigenvalue weighted by molar-refractivity contribution is 6.29. The summed E-state index contributed by atoms with van der Waals surface area (Å²) in [7, 11) is 0. The van der Waals surface area contributed by atoms with E-state index in [2.05, 4.69) is 151 Å². The molecular formula is C52H28N8. The van der Waals surface area contributed by atoms with Crippen LogP contribution in [0.15, 0.2) is 170 Å². The van der Waals surface area contributed by atoms with Gasteiger partial charge in [-0.05, 0) is 97.1 Å². The van der Waals surface area contributed by atoms with Crippen molar-refractivity contribution in [3.8, 4) is 23.5 Å². The molecule has 0 fully saturated rings. The van der Waals surface area contributed by atoms with Crippen LogP contribution < -0.4 is 0 Å². The Hall–Kier alpha value is -8.72. The summed E-state index contributed by atoms with van der Waals surface area (Å²) in [6, 6.07) is 63.1. The fraction of sp³-hybridized carbons (Fsp3) is 0. The molecule has 8 heteroatoms. The van der Waals surface area contributed by atoms with Crippen molar-refractivity contribution in [2.75, 3.05) is 0 Å². The van der Waals surface area contributed by atoms with Crippen molar-refractivity contribution in [1.29, 1.82) is 10.5 Å². The topological polar surface area (TPSA) is 92.0 Å². The summed E-state index contributed by atoms with van der Waals surface area (Å²) in [6.45, 7) is 0. The molecule has 0 spiro atoms. The van der Waals surface area contributed by atoms with E-state index in [-0.39, 0.29) is 0 Å². The second-order valence-electron chi connectivity index (χ2n) is 15.3. The number of imidazole rings is 2. The van der Waals surface area contributed by atoms with Gasteiger partial charge in [0.15, 0.2) is 0 Å². The second-order valence-corrected chi connectivity index (χ2v) is 15.3. The first kappa shape index (κ1) is 32.4. The first-order valence-electron chi connectivity index (χ1n) is 19.8. The molecule has 5 aromatic heterocycles. The molecule has 0 N–H and O–H groups in total. The number of aromatic nitrogens is 6. The van der Waals surface area contributed by atoms with Gasteiger partial charge in [-0.3, -0.25) is 8.80 Å². The monoisotopic (exact) mass is 764 g/mol. The summed E-state index contributed by atoms with van der Waals surface area (Å²) in [5.74, 6) is 0. The molecule has 8 nitrogen and oxygen atoms in total. The quantitative estimate of drug-likeness (QED) is 0.175. The molecule has 13 aromatic rings. The van der Waals surface area contributed by atoms with Gasteiger partial charge in [0.1, 0.15) is 11.3 Å². The van der Waals surface area contributed by atoms with Gasteiger partial charge in [-0.1, -0.05) is 72.8 Å². The van der Waals surface area contributed by atoms with Crippen LogP contribution >= 0.6 is 0 Å². The van der Waals surface area contributed by atoms with E-state index in [1.165, 1.54) is 0 Å². The Kier molecular flexibility index (Phi) is 6.42. The first-order chi connectivity index (χ1) is 29.7. The number of fused-ring (bicyclic) bond motifs is 20. The summed E-state index contributed by atoms with van der Waals surface area (Å²) in [6.07, 6.45) is 0. The molecule has 0 saturated carbocycles. The van der Waals surface area contributed by atoms with Gasteiger partial charge in [0, 0.05) is 32.9 Å². The molecule has 0 aliphatic rings. The van der Waals surface area contributed by atoms with Gasteiger partial charge in [0.05, 0.1) is 89.2 Å². The predicted octanol–water partition coefficient (Wildman–Crippen LogP) is 12.1. The highest BCUT2D eigenvalue weighted by Crippen LogP contribution is 2.43. The lowest BCUT2D eigenvalue weighted by Crippen LogP contribution is -1.97. The molecule has 0 aliphatic carbocycles. The molecule has 276 valence electrons. The van der Waals surface area contributed by atoms with Crippen molar-refractivity contribution in [3.05, 3.63) is 181 Å². The molecule has 0 radical (unpaired) electrons. The molecule has 0 saturated heterocycles. The Morgan fingerprint density at radius 1 is 0.350 bits per heavy atom. The van der Waals surface area contributed by atoms with Crippen LogP contribution in [0.2, 0.25) is 0 Å². The average Bonchev–Trinajstić information content (AvgIpc) is 4.05. The number of nitriles is 2. The lowest BCUT2D eigenvalue weighted by atomic mass is 10.1. The van der Waals surface area contributed by atoms with E-state index >= 15 is 0 Å². The largest absolute Gasteiger partial charge is 0.309 e. The van der Waals surface area contributed by atoms with E-state index in [4.69, 9.17) is 9.97 Å². The molecule has 0 amide bonds. The summed E-state index contributed by atoms with van der Waals surface area (Å²) in [5.41, 5.74) is 14.0. The molecule has 0 bridgehead atoms. The smallest absolute Gasteiger partial charge is 0.148 e. The highest BCUT2D eigenvalue weighted by Gasteiger charge is 2.24. The third-order valence-electron chi connectivity index (χ3n) is 12.2. The molecule has 0 unspecified atom stereocenters. The van der Waals surface area contributed by atoms with E-state index in [0.29, 0.717) is 11.1 Å². The zero-order valence-electron chi connectivity index (χ0n) is 31.7. The minimum atomic E-state index is 0.543. The number of rotatable bonds is 2. The Labute approximate surface area is 340 Å². The Bertz CT molecular complexity index is 3860. The van der Waals surface area contributed by atoms with E-state index in [9.17, 15) is 10.5 Å². The predicted molar refractivity (Wildman–Crippen MR) is 241 cm³/mol. The van der Waals surface area contributed by atoms with Crippen LogP contribution in [0.3, 0.4) is 0 Å². The fourth-order valence-corrected chi connectivity index (χ4v) is 9.76. The van der Waals surface area contributed by atoms with Gasteiger partial charge in [0.25, 0.3) is 0 Å². The fourth-order valence-electron chi connectivity index (χ4n) is 9.76. The molecule has 8 aromatic carbocycles. The van der Waals surface area contributed by atoms with Gasteiger partial charge in [-0.25, -0.2) is 9.97 Å². The van der Waals surface area contributed by atoms with Crippen molar-refractivity contribution in [1.82, 2.24) is 27.9 Å². The van der Waals surface area contributed by atoms with Gasteiger partial charge in [0.2, 0.25) is 0 Å². The van der Waals surface area contributed by atoms with Gasteiger partial charge in [-0.2, -0.15) is 10.5 Å². The number of benzene rings is 8.